The van der Waals surface area contributed by atoms with Crippen molar-refractivity contribution in [2.24, 2.45) is 5.10 Å². The first-order valence-electron chi connectivity index (χ1n) is 8.60. The van der Waals surface area contributed by atoms with E-state index in [1.165, 1.54) is 18.3 Å². The van der Waals surface area contributed by atoms with E-state index in [9.17, 15) is 9.18 Å². The van der Waals surface area contributed by atoms with E-state index in [0.717, 1.165) is 11.3 Å². The Bertz CT molecular complexity index is 826. The van der Waals surface area contributed by atoms with E-state index < -0.39 is 11.9 Å². The fourth-order valence-electron chi connectivity index (χ4n) is 2.86. The molecule has 0 aliphatic carbocycles. The number of nitrogens with zero attached hydrogens (tertiary/aromatic N) is 1. The third-order valence-corrected chi connectivity index (χ3v) is 4.51. The molecule has 27 heavy (non-hydrogen) atoms. The number of hydrogen-bond donors (Lipinski definition) is 3. The van der Waals surface area contributed by atoms with Crippen molar-refractivity contribution in [1.82, 2.24) is 16.3 Å². The van der Waals surface area contributed by atoms with E-state index in [1.54, 1.807) is 6.07 Å². The Morgan fingerprint density at radius 3 is 2.93 bits per heavy atom. The molecular formula is C19H20ClFN4O2. The fourth-order valence-corrected chi connectivity index (χ4v) is 3.07. The Hall–Kier alpha value is -2.48. The van der Waals surface area contributed by atoms with Crippen molar-refractivity contribution in [2.75, 3.05) is 6.61 Å². The number of benzene rings is 2. The molecule has 1 fully saturated rings. The number of rotatable bonds is 6. The topological polar surface area (TPSA) is 74.8 Å². The zero-order valence-corrected chi connectivity index (χ0v) is 15.5. The van der Waals surface area contributed by atoms with Gasteiger partial charge >= 0.3 is 0 Å². The molecule has 0 bridgehead atoms. The summed E-state index contributed by atoms with van der Waals surface area (Å²) in [6.45, 7) is 2.49. The van der Waals surface area contributed by atoms with E-state index >= 15 is 0 Å². The molecule has 1 saturated heterocycles. The summed E-state index contributed by atoms with van der Waals surface area (Å²) in [4.78, 5) is 12.3. The van der Waals surface area contributed by atoms with Crippen molar-refractivity contribution < 1.29 is 13.9 Å². The van der Waals surface area contributed by atoms with Gasteiger partial charge in [0.15, 0.2) is 0 Å². The first kappa shape index (κ1) is 19.3. The minimum Gasteiger partial charge on any atom is -0.494 e. The lowest BCUT2D eigenvalue weighted by atomic mass is 10.0. The highest BCUT2D eigenvalue weighted by molar-refractivity contribution is 6.33. The number of hydrogen-bond acceptors (Lipinski definition) is 5. The van der Waals surface area contributed by atoms with Gasteiger partial charge in [-0.2, -0.15) is 5.10 Å². The zero-order valence-electron chi connectivity index (χ0n) is 14.7. The molecule has 1 heterocycles. The van der Waals surface area contributed by atoms with Crippen LogP contribution in [0.1, 0.15) is 30.5 Å². The maximum absolute atomic E-state index is 13.7. The molecule has 3 rings (SSSR count). The molecule has 2 atom stereocenters. The van der Waals surface area contributed by atoms with Crippen LogP contribution in [0.5, 0.6) is 5.75 Å². The molecule has 1 aliphatic heterocycles. The summed E-state index contributed by atoms with van der Waals surface area (Å²) >= 11 is 5.92. The third kappa shape index (κ3) is 4.63. The van der Waals surface area contributed by atoms with Crippen molar-refractivity contribution in [3.63, 3.8) is 0 Å². The lowest BCUT2D eigenvalue weighted by molar-refractivity contribution is -0.122. The molecule has 0 saturated carbocycles. The summed E-state index contributed by atoms with van der Waals surface area (Å²) in [6, 6.07) is 11.5. The average Bonchev–Trinajstić information content (AvgIpc) is 3.15. The zero-order chi connectivity index (χ0) is 19.2. The van der Waals surface area contributed by atoms with Gasteiger partial charge in [0.2, 0.25) is 0 Å². The van der Waals surface area contributed by atoms with Crippen LogP contribution in [0.25, 0.3) is 0 Å². The lowest BCUT2D eigenvalue weighted by Crippen LogP contribution is -2.41. The summed E-state index contributed by atoms with van der Waals surface area (Å²) in [5.74, 6) is -0.0519. The van der Waals surface area contributed by atoms with Gasteiger partial charge in [0.1, 0.15) is 17.6 Å². The lowest BCUT2D eigenvalue weighted by Gasteiger charge is -2.15. The molecule has 0 radical (unpaired) electrons. The number of hydrazine groups is 1. The molecule has 1 aliphatic rings. The van der Waals surface area contributed by atoms with E-state index in [-0.39, 0.29) is 22.5 Å². The molecule has 0 spiro atoms. The van der Waals surface area contributed by atoms with Gasteiger partial charge in [0, 0.05) is 11.1 Å². The molecule has 0 aromatic heterocycles. The van der Waals surface area contributed by atoms with Gasteiger partial charge < -0.3 is 4.74 Å². The van der Waals surface area contributed by atoms with Gasteiger partial charge in [-0.25, -0.2) is 20.7 Å². The Morgan fingerprint density at radius 2 is 2.15 bits per heavy atom. The van der Waals surface area contributed by atoms with Crippen molar-refractivity contribution >= 4 is 23.7 Å². The fraction of sp³-hybridized carbons (Fsp3) is 0.263. The number of nitrogens with one attached hydrogen (secondary N) is 3. The van der Waals surface area contributed by atoms with Gasteiger partial charge in [-0.3, -0.25) is 4.79 Å². The normalized spacial score (nSPS) is 19.4. The van der Waals surface area contributed by atoms with Crippen LogP contribution < -0.4 is 21.0 Å². The number of amides is 1. The van der Waals surface area contributed by atoms with Gasteiger partial charge in [-0.15, -0.1) is 0 Å². The first-order valence-corrected chi connectivity index (χ1v) is 8.97. The van der Waals surface area contributed by atoms with Crippen molar-refractivity contribution in [1.29, 1.82) is 0 Å². The van der Waals surface area contributed by atoms with Crippen LogP contribution in [0.3, 0.4) is 0 Å². The summed E-state index contributed by atoms with van der Waals surface area (Å²) in [7, 11) is 0. The van der Waals surface area contributed by atoms with Crippen LogP contribution >= 0.6 is 11.6 Å². The Labute approximate surface area is 161 Å². The molecule has 2 unspecified atom stereocenters. The highest BCUT2D eigenvalue weighted by atomic mass is 35.5. The Balaban J connectivity index is 1.61. The van der Waals surface area contributed by atoms with Crippen LogP contribution in [-0.2, 0) is 4.79 Å². The van der Waals surface area contributed by atoms with Crippen LogP contribution in [0, 0.1) is 5.82 Å². The highest BCUT2D eigenvalue weighted by Gasteiger charge is 2.31. The average molecular weight is 391 g/mol. The summed E-state index contributed by atoms with van der Waals surface area (Å²) in [6.07, 6.45) is 1.71. The predicted molar refractivity (Wildman–Crippen MR) is 102 cm³/mol. The second kappa shape index (κ2) is 8.94. The largest absolute Gasteiger partial charge is 0.494 e. The number of halogens is 2. The van der Waals surface area contributed by atoms with Crippen LogP contribution in [-0.4, -0.2) is 24.8 Å². The minimum atomic E-state index is -0.506. The number of hydrazone groups is 1. The quantitative estimate of drug-likeness (QED) is 0.523. The van der Waals surface area contributed by atoms with Crippen molar-refractivity contribution in [3.8, 4) is 5.75 Å². The SMILES string of the molecule is CCOc1ccccc1C1CC(C(=O)N/N=C/c2c(F)cccc2Cl)NN1. The second-order valence-corrected chi connectivity index (χ2v) is 6.38. The summed E-state index contributed by atoms with van der Waals surface area (Å²) in [5, 5.41) is 4.03. The monoisotopic (exact) mass is 390 g/mol. The third-order valence-electron chi connectivity index (χ3n) is 4.18. The summed E-state index contributed by atoms with van der Waals surface area (Å²) < 4.78 is 19.3. The maximum Gasteiger partial charge on any atom is 0.258 e. The second-order valence-electron chi connectivity index (χ2n) is 5.97. The van der Waals surface area contributed by atoms with Gasteiger partial charge in [-0.05, 0) is 31.5 Å². The van der Waals surface area contributed by atoms with Crippen LogP contribution in [0.4, 0.5) is 4.39 Å². The first-order chi connectivity index (χ1) is 13.1. The molecule has 6 nitrogen and oxygen atoms in total. The highest BCUT2D eigenvalue weighted by Crippen LogP contribution is 2.30. The smallest absolute Gasteiger partial charge is 0.258 e. The Morgan fingerprint density at radius 1 is 1.33 bits per heavy atom. The summed E-state index contributed by atoms with van der Waals surface area (Å²) in [5.41, 5.74) is 9.57. The number of para-hydroxylation sites is 1. The molecule has 2 aromatic carbocycles. The van der Waals surface area contributed by atoms with E-state index in [1.807, 2.05) is 31.2 Å². The van der Waals surface area contributed by atoms with Gasteiger partial charge in [0.05, 0.1) is 23.9 Å². The van der Waals surface area contributed by atoms with E-state index in [2.05, 4.69) is 21.4 Å². The molecular weight excluding hydrogens is 371 g/mol. The van der Waals surface area contributed by atoms with Crippen molar-refractivity contribution in [2.45, 2.75) is 25.4 Å². The number of carbonyl (C=O) groups is 1. The van der Waals surface area contributed by atoms with Crippen LogP contribution in [0.15, 0.2) is 47.6 Å². The minimum absolute atomic E-state index is 0.0755. The standard InChI is InChI=1S/C19H20ClFN4O2/c1-2-27-18-9-4-3-6-12(18)16-10-17(24-23-16)19(26)25-22-11-13-14(20)7-5-8-15(13)21/h3-9,11,16-17,23-24H,2,10H2,1H3,(H,25,26)/b22-11+. The van der Waals surface area contributed by atoms with Crippen LogP contribution in [0.2, 0.25) is 5.02 Å². The molecule has 142 valence electrons. The Kier molecular flexibility index (Phi) is 6.39. The van der Waals surface area contributed by atoms with E-state index in [0.29, 0.717) is 13.0 Å². The number of ether oxygens (including phenoxy) is 1. The van der Waals surface area contributed by atoms with Gasteiger partial charge in [0.25, 0.3) is 5.91 Å². The number of carbonyl (C=O) groups excluding carboxylic acids is 1. The van der Waals surface area contributed by atoms with Crippen molar-refractivity contribution in [3.05, 3.63) is 64.4 Å². The molecule has 2 aromatic rings. The van der Waals surface area contributed by atoms with E-state index in [4.69, 9.17) is 16.3 Å². The predicted octanol–water partition coefficient (Wildman–Crippen LogP) is 2.94. The molecule has 8 heteroatoms. The molecule has 3 N–H and O–H groups in total. The van der Waals surface area contributed by atoms with Gasteiger partial charge in [-0.1, -0.05) is 35.9 Å². The molecule has 1 amide bonds. The maximum atomic E-state index is 13.7.